The van der Waals surface area contributed by atoms with E-state index < -0.39 is 0 Å². The zero-order chi connectivity index (χ0) is 13.0. The van der Waals surface area contributed by atoms with Crippen molar-refractivity contribution in [1.82, 2.24) is 10.3 Å². The molecule has 0 unspecified atom stereocenters. The highest BCUT2D eigenvalue weighted by Gasteiger charge is 2.05. The molecule has 2 aromatic rings. The van der Waals surface area contributed by atoms with E-state index in [9.17, 15) is 4.39 Å². The van der Waals surface area contributed by atoms with Crippen LogP contribution in [0.5, 0.6) is 0 Å². The summed E-state index contributed by atoms with van der Waals surface area (Å²) in [6, 6.07) is 9.01. The van der Waals surface area contributed by atoms with E-state index in [0.717, 1.165) is 15.6 Å². The third kappa shape index (κ3) is 3.62. The van der Waals surface area contributed by atoms with Crippen LogP contribution in [0.3, 0.4) is 0 Å². The van der Waals surface area contributed by atoms with Crippen molar-refractivity contribution in [2.24, 2.45) is 0 Å². The van der Waals surface area contributed by atoms with Crippen molar-refractivity contribution in [2.75, 3.05) is 0 Å². The average Bonchev–Trinajstić information content (AvgIpc) is 2.36. The van der Waals surface area contributed by atoms with E-state index in [1.165, 1.54) is 12.1 Å². The highest BCUT2D eigenvalue weighted by atomic mass is 79.9. The van der Waals surface area contributed by atoms with Crippen molar-refractivity contribution >= 4 is 15.9 Å². The Hall–Kier alpha value is -1.26. The molecule has 94 valence electrons. The Labute approximate surface area is 114 Å². The molecule has 0 saturated heterocycles. The summed E-state index contributed by atoms with van der Waals surface area (Å²) in [4.78, 5) is 4.08. The molecule has 0 aliphatic carbocycles. The van der Waals surface area contributed by atoms with Gasteiger partial charge in [-0.2, -0.15) is 0 Å². The van der Waals surface area contributed by atoms with E-state index in [2.05, 4.69) is 33.2 Å². The minimum Gasteiger partial charge on any atom is -0.306 e. The van der Waals surface area contributed by atoms with Gasteiger partial charge in [-0.3, -0.25) is 4.98 Å². The molecule has 0 aliphatic rings. The molecule has 1 N–H and O–H groups in total. The number of nitrogens with one attached hydrogen (secondary N) is 1. The van der Waals surface area contributed by atoms with E-state index in [4.69, 9.17) is 0 Å². The number of pyridine rings is 1. The molecule has 1 aromatic heterocycles. The van der Waals surface area contributed by atoms with E-state index in [1.54, 1.807) is 6.20 Å². The van der Waals surface area contributed by atoms with Crippen LogP contribution >= 0.6 is 15.9 Å². The average molecular weight is 309 g/mol. The molecule has 0 aliphatic heterocycles. The Morgan fingerprint density at radius 1 is 1.39 bits per heavy atom. The first-order chi connectivity index (χ1) is 8.65. The van der Waals surface area contributed by atoms with E-state index >= 15 is 0 Å². The van der Waals surface area contributed by atoms with Crippen molar-refractivity contribution in [3.63, 3.8) is 0 Å². The highest BCUT2D eigenvalue weighted by molar-refractivity contribution is 9.10. The van der Waals surface area contributed by atoms with Gasteiger partial charge in [-0.25, -0.2) is 4.39 Å². The summed E-state index contributed by atoms with van der Waals surface area (Å²) in [6.45, 7) is 2.68. The zero-order valence-corrected chi connectivity index (χ0v) is 11.6. The number of halogens is 2. The SMILES string of the molecule is C[C@@H](NCc1cc(F)cc(Br)c1)c1cccnc1. The predicted octanol–water partition coefficient (Wildman–Crippen LogP) is 3.83. The molecule has 0 saturated carbocycles. The van der Waals surface area contributed by atoms with Crippen molar-refractivity contribution in [3.05, 3.63) is 64.1 Å². The van der Waals surface area contributed by atoms with Crippen molar-refractivity contribution in [1.29, 1.82) is 0 Å². The van der Waals surface area contributed by atoms with Crippen LogP contribution < -0.4 is 5.32 Å². The second kappa shape index (κ2) is 6.07. The lowest BCUT2D eigenvalue weighted by Crippen LogP contribution is -2.18. The van der Waals surface area contributed by atoms with E-state index in [-0.39, 0.29) is 11.9 Å². The van der Waals surface area contributed by atoms with E-state index in [0.29, 0.717) is 6.54 Å². The first-order valence-electron chi connectivity index (χ1n) is 5.73. The number of aromatic nitrogens is 1. The molecule has 0 radical (unpaired) electrons. The molecular formula is C14H14BrFN2. The molecule has 0 amide bonds. The van der Waals surface area contributed by atoms with Gasteiger partial charge < -0.3 is 5.32 Å². The summed E-state index contributed by atoms with van der Waals surface area (Å²) in [6.07, 6.45) is 3.58. The number of rotatable bonds is 4. The molecule has 1 atom stereocenters. The Morgan fingerprint density at radius 3 is 2.89 bits per heavy atom. The van der Waals surface area contributed by atoms with Gasteiger partial charge in [0.15, 0.2) is 0 Å². The van der Waals surface area contributed by atoms with Gasteiger partial charge in [0.2, 0.25) is 0 Å². The second-order valence-corrected chi connectivity index (χ2v) is 5.08. The van der Waals surface area contributed by atoms with Gasteiger partial charge in [0.1, 0.15) is 5.82 Å². The van der Waals surface area contributed by atoms with Gasteiger partial charge in [0.05, 0.1) is 0 Å². The van der Waals surface area contributed by atoms with Gasteiger partial charge in [-0.1, -0.05) is 22.0 Å². The van der Waals surface area contributed by atoms with Crippen LogP contribution in [0.1, 0.15) is 24.1 Å². The molecule has 1 heterocycles. The molecule has 0 spiro atoms. The Kier molecular flexibility index (Phi) is 4.44. The third-order valence-corrected chi connectivity index (χ3v) is 3.18. The standard InChI is InChI=1S/C14H14BrFN2/c1-10(12-3-2-4-17-9-12)18-8-11-5-13(15)7-14(16)6-11/h2-7,9-10,18H,8H2,1H3/t10-/m1/s1. The predicted molar refractivity (Wildman–Crippen MR) is 73.6 cm³/mol. The minimum absolute atomic E-state index is 0.181. The molecule has 0 bridgehead atoms. The summed E-state index contributed by atoms with van der Waals surface area (Å²) >= 11 is 3.29. The smallest absolute Gasteiger partial charge is 0.124 e. The van der Waals surface area contributed by atoms with Crippen LogP contribution in [0.25, 0.3) is 0 Å². The molecule has 2 nitrogen and oxygen atoms in total. The molecule has 2 rings (SSSR count). The van der Waals surface area contributed by atoms with Gasteiger partial charge in [0.25, 0.3) is 0 Å². The van der Waals surface area contributed by atoms with Crippen LogP contribution in [-0.4, -0.2) is 4.98 Å². The van der Waals surface area contributed by atoms with Gasteiger partial charge >= 0.3 is 0 Å². The van der Waals surface area contributed by atoms with E-state index in [1.807, 2.05) is 24.4 Å². The highest BCUT2D eigenvalue weighted by Crippen LogP contribution is 2.16. The normalized spacial score (nSPS) is 12.4. The summed E-state index contributed by atoms with van der Waals surface area (Å²) in [5.74, 6) is -0.227. The first-order valence-corrected chi connectivity index (χ1v) is 6.53. The lowest BCUT2D eigenvalue weighted by molar-refractivity contribution is 0.567. The molecule has 1 aromatic carbocycles. The summed E-state index contributed by atoms with van der Waals surface area (Å²) in [7, 11) is 0. The summed E-state index contributed by atoms with van der Waals surface area (Å²) < 4.78 is 14.0. The lowest BCUT2D eigenvalue weighted by Gasteiger charge is -2.14. The Morgan fingerprint density at radius 2 is 2.22 bits per heavy atom. The third-order valence-electron chi connectivity index (χ3n) is 2.72. The quantitative estimate of drug-likeness (QED) is 0.928. The van der Waals surface area contributed by atoms with Crippen LogP contribution in [0.4, 0.5) is 4.39 Å². The second-order valence-electron chi connectivity index (χ2n) is 4.17. The monoisotopic (exact) mass is 308 g/mol. The fourth-order valence-corrected chi connectivity index (χ4v) is 2.25. The van der Waals surface area contributed by atoms with Crippen LogP contribution in [0.15, 0.2) is 47.2 Å². The molecule has 0 fully saturated rings. The van der Waals surface area contributed by atoms with Crippen molar-refractivity contribution in [2.45, 2.75) is 19.5 Å². The topological polar surface area (TPSA) is 24.9 Å². The maximum Gasteiger partial charge on any atom is 0.124 e. The molecule has 18 heavy (non-hydrogen) atoms. The summed E-state index contributed by atoms with van der Waals surface area (Å²) in [5.41, 5.74) is 2.03. The van der Waals surface area contributed by atoms with Crippen LogP contribution in [0, 0.1) is 5.82 Å². The van der Waals surface area contributed by atoms with Crippen molar-refractivity contribution < 1.29 is 4.39 Å². The maximum atomic E-state index is 13.2. The fraction of sp³-hybridized carbons (Fsp3) is 0.214. The Balaban J connectivity index is 1.99. The number of nitrogens with zero attached hydrogens (tertiary/aromatic N) is 1. The van der Waals surface area contributed by atoms with Crippen molar-refractivity contribution in [3.8, 4) is 0 Å². The maximum absolute atomic E-state index is 13.2. The number of hydrogen-bond acceptors (Lipinski definition) is 2. The number of benzene rings is 1. The fourth-order valence-electron chi connectivity index (χ4n) is 1.73. The lowest BCUT2D eigenvalue weighted by atomic mass is 10.1. The van der Waals surface area contributed by atoms with Gasteiger partial charge in [-0.05, 0) is 42.3 Å². The van der Waals surface area contributed by atoms with Crippen LogP contribution in [-0.2, 0) is 6.54 Å². The van der Waals surface area contributed by atoms with Crippen LogP contribution in [0.2, 0.25) is 0 Å². The molecular weight excluding hydrogens is 295 g/mol. The molecule has 4 heteroatoms. The first kappa shape index (κ1) is 13.2. The summed E-state index contributed by atoms with van der Waals surface area (Å²) in [5, 5.41) is 3.34. The van der Waals surface area contributed by atoms with Gasteiger partial charge in [0, 0.05) is 29.5 Å². The Bertz CT molecular complexity index is 496. The largest absolute Gasteiger partial charge is 0.306 e. The number of hydrogen-bond donors (Lipinski definition) is 1. The van der Waals surface area contributed by atoms with Gasteiger partial charge in [-0.15, -0.1) is 0 Å². The minimum atomic E-state index is -0.227. The zero-order valence-electron chi connectivity index (χ0n) is 10.0.